The molecule has 0 aliphatic carbocycles. The number of piperidine rings is 1. The summed E-state index contributed by atoms with van der Waals surface area (Å²) in [6.07, 6.45) is 0.377. The van der Waals surface area contributed by atoms with Crippen molar-refractivity contribution >= 4 is 11.8 Å². The summed E-state index contributed by atoms with van der Waals surface area (Å²) in [5.74, 6) is -0.212. The van der Waals surface area contributed by atoms with Gasteiger partial charge in [-0.05, 0) is 55.7 Å². The maximum atomic E-state index is 12.9. The number of ether oxygens (including phenoxy) is 1. The van der Waals surface area contributed by atoms with Crippen LogP contribution in [-0.2, 0) is 6.18 Å². The van der Waals surface area contributed by atoms with Gasteiger partial charge in [-0.3, -0.25) is 9.59 Å². The molecule has 0 radical (unpaired) electrons. The average Bonchev–Trinajstić information content (AvgIpc) is 3.27. The summed E-state index contributed by atoms with van der Waals surface area (Å²) in [6.45, 7) is 2.11. The van der Waals surface area contributed by atoms with Gasteiger partial charge in [-0.2, -0.15) is 13.2 Å². The van der Waals surface area contributed by atoms with Crippen molar-refractivity contribution in [2.45, 2.75) is 38.0 Å². The smallest absolute Gasteiger partial charge is 0.416 e. The van der Waals surface area contributed by atoms with Gasteiger partial charge in [-0.15, -0.1) is 0 Å². The van der Waals surface area contributed by atoms with Gasteiger partial charge >= 0.3 is 6.18 Å². The molecule has 1 unspecified atom stereocenters. The van der Waals surface area contributed by atoms with E-state index in [2.05, 4.69) is 4.98 Å². The molecule has 2 aliphatic heterocycles. The zero-order valence-electron chi connectivity index (χ0n) is 17.5. The van der Waals surface area contributed by atoms with Crippen LogP contribution in [0.25, 0.3) is 0 Å². The normalized spacial score (nSPS) is 19.2. The second-order valence-electron chi connectivity index (χ2n) is 8.06. The molecule has 0 bridgehead atoms. The van der Waals surface area contributed by atoms with Crippen LogP contribution in [0.5, 0.6) is 5.88 Å². The Labute approximate surface area is 184 Å². The van der Waals surface area contributed by atoms with Crippen molar-refractivity contribution in [2.24, 2.45) is 0 Å². The first-order valence-corrected chi connectivity index (χ1v) is 10.7. The molecular weight excluding hydrogens is 423 g/mol. The van der Waals surface area contributed by atoms with Crippen LogP contribution < -0.4 is 4.74 Å². The molecule has 0 saturated carbocycles. The predicted molar refractivity (Wildman–Crippen MR) is 110 cm³/mol. The minimum absolute atomic E-state index is 0.108. The maximum Gasteiger partial charge on any atom is 0.416 e. The molecule has 1 atom stereocenters. The van der Waals surface area contributed by atoms with Gasteiger partial charge in [-0.25, -0.2) is 4.98 Å². The van der Waals surface area contributed by atoms with Crippen molar-refractivity contribution in [1.29, 1.82) is 0 Å². The first-order valence-electron chi connectivity index (χ1n) is 10.7. The van der Waals surface area contributed by atoms with Crippen LogP contribution in [0.4, 0.5) is 13.2 Å². The first-order chi connectivity index (χ1) is 15.3. The number of carbonyl (C=O) groups excluding carboxylic acids is 2. The minimum atomic E-state index is -4.44. The van der Waals surface area contributed by atoms with Crippen molar-refractivity contribution in [1.82, 2.24) is 14.8 Å². The van der Waals surface area contributed by atoms with Crippen molar-refractivity contribution in [2.75, 3.05) is 26.2 Å². The Bertz CT molecular complexity index is 972. The molecule has 2 aliphatic rings. The molecule has 1 aromatic carbocycles. The standard InChI is InChI=1S/C23H24F3N3O3/c24-23(25,26)17-8-6-16(7-9-17)21(30)29-14-10-18(15-29)32-20-19(5-4-11-27-20)22(31)28-12-2-1-3-13-28/h4-9,11,18H,1-3,10,12-15H2. The summed E-state index contributed by atoms with van der Waals surface area (Å²) in [6, 6.07) is 7.58. The molecule has 0 spiro atoms. The lowest BCUT2D eigenvalue weighted by molar-refractivity contribution is -0.137. The molecular formula is C23H24F3N3O3. The van der Waals surface area contributed by atoms with E-state index < -0.39 is 11.7 Å². The molecule has 4 rings (SSSR count). The topological polar surface area (TPSA) is 62.7 Å². The van der Waals surface area contributed by atoms with Crippen molar-refractivity contribution in [3.05, 3.63) is 59.3 Å². The van der Waals surface area contributed by atoms with Gasteiger partial charge in [0.2, 0.25) is 5.88 Å². The van der Waals surface area contributed by atoms with Crippen LogP contribution in [0.1, 0.15) is 52.0 Å². The number of hydrogen-bond donors (Lipinski definition) is 0. The van der Waals surface area contributed by atoms with E-state index in [0.717, 1.165) is 31.4 Å². The summed E-state index contributed by atoms with van der Waals surface area (Å²) < 4.78 is 44.2. The Morgan fingerprint density at radius 2 is 1.66 bits per heavy atom. The van der Waals surface area contributed by atoms with E-state index in [-0.39, 0.29) is 35.9 Å². The van der Waals surface area contributed by atoms with E-state index in [1.165, 1.54) is 12.1 Å². The summed E-state index contributed by atoms with van der Waals surface area (Å²) in [4.78, 5) is 33.2. The number of carbonyl (C=O) groups is 2. The average molecular weight is 447 g/mol. The highest BCUT2D eigenvalue weighted by atomic mass is 19.4. The second-order valence-corrected chi connectivity index (χ2v) is 8.06. The Hall–Kier alpha value is -3.10. The summed E-state index contributed by atoms with van der Waals surface area (Å²) >= 11 is 0. The Kier molecular flexibility index (Phi) is 6.34. The van der Waals surface area contributed by atoms with E-state index >= 15 is 0 Å². The lowest BCUT2D eigenvalue weighted by Crippen LogP contribution is -2.36. The van der Waals surface area contributed by atoms with Gasteiger partial charge in [0.05, 0.1) is 12.1 Å². The number of rotatable bonds is 4. The van der Waals surface area contributed by atoms with Gasteiger partial charge in [0.25, 0.3) is 11.8 Å². The number of nitrogens with zero attached hydrogens (tertiary/aromatic N) is 3. The van der Waals surface area contributed by atoms with E-state index in [1.807, 2.05) is 4.90 Å². The van der Waals surface area contributed by atoms with Gasteiger partial charge in [0.15, 0.2) is 0 Å². The van der Waals surface area contributed by atoms with E-state index in [9.17, 15) is 22.8 Å². The fraction of sp³-hybridized carbons (Fsp3) is 0.435. The van der Waals surface area contributed by atoms with E-state index in [4.69, 9.17) is 4.74 Å². The van der Waals surface area contributed by atoms with Crippen molar-refractivity contribution in [3.8, 4) is 5.88 Å². The highest BCUT2D eigenvalue weighted by Crippen LogP contribution is 2.29. The molecule has 3 heterocycles. The third-order valence-electron chi connectivity index (χ3n) is 5.81. The number of aromatic nitrogens is 1. The minimum Gasteiger partial charge on any atom is -0.472 e. The number of pyridine rings is 1. The highest BCUT2D eigenvalue weighted by molar-refractivity contribution is 5.96. The highest BCUT2D eigenvalue weighted by Gasteiger charge is 2.32. The zero-order valence-corrected chi connectivity index (χ0v) is 17.5. The third-order valence-corrected chi connectivity index (χ3v) is 5.81. The molecule has 0 N–H and O–H groups in total. The number of benzene rings is 1. The fourth-order valence-electron chi connectivity index (χ4n) is 4.07. The quantitative estimate of drug-likeness (QED) is 0.710. The zero-order chi connectivity index (χ0) is 22.7. The van der Waals surface area contributed by atoms with Gasteiger partial charge in [-0.1, -0.05) is 0 Å². The van der Waals surface area contributed by atoms with E-state index in [1.54, 1.807) is 23.2 Å². The van der Waals surface area contributed by atoms with Crippen LogP contribution in [0.15, 0.2) is 42.6 Å². The van der Waals surface area contributed by atoms with Gasteiger partial charge in [0.1, 0.15) is 11.7 Å². The molecule has 9 heteroatoms. The van der Waals surface area contributed by atoms with Gasteiger partial charge in [0, 0.05) is 37.8 Å². The van der Waals surface area contributed by atoms with Crippen molar-refractivity contribution in [3.63, 3.8) is 0 Å². The van der Waals surface area contributed by atoms with Crippen LogP contribution in [0.3, 0.4) is 0 Å². The summed E-state index contributed by atoms with van der Waals surface area (Å²) in [7, 11) is 0. The molecule has 170 valence electrons. The lowest BCUT2D eigenvalue weighted by atomic mass is 10.1. The van der Waals surface area contributed by atoms with Crippen LogP contribution in [0.2, 0.25) is 0 Å². The Balaban J connectivity index is 1.40. The predicted octanol–water partition coefficient (Wildman–Crippen LogP) is 4.02. The Morgan fingerprint density at radius 3 is 2.34 bits per heavy atom. The lowest BCUT2D eigenvalue weighted by Gasteiger charge is -2.27. The number of halogens is 3. The Morgan fingerprint density at radius 1 is 0.938 bits per heavy atom. The molecule has 2 aromatic rings. The number of alkyl halides is 3. The number of amides is 2. The van der Waals surface area contributed by atoms with Crippen LogP contribution in [-0.4, -0.2) is 58.9 Å². The monoisotopic (exact) mass is 447 g/mol. The number of likely N-dealkylation sites (tertiary alicyclic amines) is 2. The molecule has 2 amide bonds. The van der Waals surface area contributed by atoms with Crippen molar-refractivity contribution < 1.29 is 27.5 Å². The third kappa shape index (κ3) is 4.87. The molecule has 2 fully saturated rings. The number of hydrogen-bond acceptors (Lipinski definition) is 4. The maximum absolute atomic E-state index is 12.9. The largest absolute Gasteiger partial charge is 0.472 e. The first kappa shape index (κ1) is 22.1. The summed E-state index contributed by atoms with van der Waals surface area (Å²) in [5, 5.41) is 0. The second kappa shape index (κ2) is 9.18. The van der Waals surface area contributed by atoms with Crippen LogP contribution in [0, 0.1) is 0 Å². The van der Waals surface area contributed by atoms with Crippen LogP contribution >= 0.6 is 0 Å². The molecule has 6 nitrogen and oxygen atoms in total. The molecule has 32 heavy (non-hydrogen) atoms. The van der Waals surface area contributed by atoms with E-state index in [0.29, 0.717) is 31.6 Å². The fourth-order valence-corrected chi connectivity index (χ4v) is 4.07. The SMILES string of the molecule is O=C(c1ccc(C(F)(F)F)cc1)N1CCC(Oc2ncccc2C(=O)N2CCCCC2)C1. The molecule has 1 aromatic heterocycles. The molecule has 2 saturated heterocycles. The summed E-state index contributed by atoms with van der Waals surface area (Å²) in [5.41, 5.74) is -0.197. The van der Waals surface area contributed by atoms with Gasteiger partial charge < -0.3 is 14.5 Å².